The summed E-state index contributed by atoms with van der Waals surface area (Å²) in [6.07, 6.45) is 4.56. The van der Waals surface area contributed by atoms with Crippen LogP contribution in [-0.2, 0) is 4.79 Å². The summed E-state index contributed by atoms with van der Waals surface area (Å²) >= 11 is 12.3. The number of benzene rings is 3. The molecule has 2 aliphatic heterocycles. The first kappa shape index (κ1) is 29.4. The first-order chi connectivity index (χ1) is 19.8. The predicted octanol–water partition coefficient (Wildman–Crippen LogP) is 6.63. The second-order valence-corrected chi connectivity index (χ2v) is 12.0. The van der Waals surface area contributed by atoms with Crippen LogP contribution >= 0.6 is 23.2 Å². The van der Waals surface area contributed by atoms with E-state index in [1.54, 1.807) is 12.1 Å². The Morgan fingerprint density at radius 1 is 0.780 bits per heavy atom. The Hall–Kier alpha value is -3.06. The quantitative estimate of drug-likeness (QED) is 0.280. The summed E-state index contributed by atoms with van der Waals surface area (Å²) in [5, 5.41) is 0.963. The molecule has 0 spiro atoms. The van der Waals surface area contributed by atoms with Crippen molar-refractivity contribution >= 4 is 40.7 Å². The van der Waals surface area contributed by atoms with Crippen molar-refractivity contribution in [3.63, 3.8) is 0 Å². The van der Waals surface area contributed by atoms with Crippen molar-refractivity contribution in [3.05, 3.63) is 87.9 Å². The molecule has 2 saturated heterocycles. The van der Waals surface area contributed by atoms with Crippen LogP contribution in [0.2, 0.25) is 10.0 Å². The Morgan fingerprint density at radius 3 is 1.98 bits per heavy atom. The molecule has 8 heteroatoms. The van der Waals surface area contributed by atoms with Crippen molar-refractivity contribution in [1.29, 1.82) is 0 Å². The van der Waals surface area contributed by atoms with Gasteiger partial charge in [-0.1, -0.05) is 59.6 Å². The van der Waals surface area contributed by atoms with Crippen LogP contribution in [0.25, 0.3) is 11.1 Å². The third-order valence-corrected chi connectivity index (χ3v) is 9.10. The average Bonchev–Trinajstić information content (AvgIpc) is 3.72. The number of carbonyl (C=O) groups is 2. The number of rotatable bonds is 9. The molecule has 1 atom stereocenters. The summed E-state index contributed by atoms with van der Waals surface area (Å²) < 4.78 is 0. The summed E-state index contributed by atoms with van der Waals surface area (Å²) in [4.78, 5) is 34.4. The molecular weight excluding hydrogens is 555 g/mol. The van der Waals surface area contributed by atoms with Gasteiger partial charge < -0.3 is 19.6 Å². The fourth-order valence-corrected chi connectivity index (χ4v) is 6.06. The van der Waals surface area contributed by atoms with Gasteiger partial charge in [-0.3, -0.25) is 9.59 Å². The van der Waals surface area contributed by atoms with Crippen LogP contribution in [0.3, 0.4) is 0 Å². The van der Waals surface area contributed by atoms with Crippen molar-refractivity contribution in [2.24, 2.45) is 0 Å². The molecule has 1 unspecified atom stereocenters. The van der Waals surface area contributed by atoms with E-state index in [1.165, 1.54) is 12.8 Å². The molecule has 41 heavy (non-hydrogen) atoms. The maximum atomic E-state index is 13.5. The molecule has 2 amide bonds. The van der Waals surface area contributed by atoms with E-state index in [4.69, 9.17) is 23.2 Å². The molecule has 216 valence electrons. The van der Waals surface area contributed by atoms with Gasteiger partial charge in [0.2, 0.25) is 5.91 Å². The van der Waals surface area contributed by atoms with Gasteiger partial charge in [-0.05, 0) is 85.8 Å². The van der Waals surface area contributed by atoms with Gasteiger partial charge in [-0.2, -0.15) is 0 Å². The molecule has 0 aromatic heterocycles. The monoisotopic (exact) mass is 592 g/mol. The Labute approximate surface area is 253 Å². The highest BCUT2D eigenvalue weighted by Gasteiger charge is 2.26. The average molecular weight is 594 g/mol. The van der Waals surface area contributed by atoms with Crippen LogP contribution in [0.15, 0.2) is 66.7 Å². The van der Waals surface area contributed by atoms with Gasteiger partial charge in [0, 0.05) is 45.0 Å². The SMILES string of the molecule is CN(CC(=O)N(C)C(CN1CCCC1)c1ccc(-c2ccc(C(=O)N3CCCC3)cc2)cc1)c1ccc(Cl)c(Cl)c1. The molecule has 6 nitrogen and oxygen atoms in total. The van der Waals surface area contributed by atoms with Crippen LogP contribution in [0.4, 0.5) is 5.69 Å². The zero-order valence-corrected chi connectivity index (χ0v) is 25.4. The number of amides is 2. The molecule has 2 heterocycles. The lowest BCUT2D eigenvalue weighted by molar-refractivity contribution is -0.131. The predicted molar refractivity (Wildman–Crippen MR) is 168 cm³/mol. The van der Waals surface area contributed by atoms with Crippen molar-refractivity contribution in [2.45, 2.75) is 31.7 Å². The highest BCUT2D eigenvalue weighted by atomic mass is 35.5. The fourth-order valence-electron chi connectivity index (χ4n) is 5.77. The van der Waals surface area contributed by atoms with Gasteiger partial charge in [-0.25, -0.2) is 0 Å². The number of carbonyl (C=O) groups excluding carboxylic acids is 2. The maximum Gasteiger partial charge on any atom is 0.253 e. The van der Waals surface area contributed by atoms with Gasteiger partial charge in [-0.15, -0.1) is 0 Å². The Balaban J connectivity index is 1.30. The topological polar surface area (TPSA) is 47.1 Å². The first-order valence-corrected chi connectivity index (χ1v) is 15.2. The largest absolute Gasteiger partial charge is 0.365 e. The van der Waals surface area contributed by atoms with Gasteiger partial charge >= 0.3 is 0 Å². The van der Waals surface area contributed by atoms with E-state index in [0.29, 0.717) is 10.0 Å². The molecule has 2 aliphatic rings. The summed E-state index contributed by atoms with van der Waals surface area (Å²) in [5.74, 6) is 0.150. The molecule has 0 aliphatic carbocycles. The van der Waals surface area contributed by atoms with E-state index in [1.807, 2.05) is 59.1 Å². The third kappa shape index (κ3) is 7.06. The molecular formula is C33H38Cl2N4O2. The van der Waals surface area contributed by atoms with Crippen molar-refractivity contribution in [2.75, 3.05) is 58.3 Å². The smallest absolute Gasteiger partial charge is 0.253 e. The minimum Gasteiger partial charge on any atom is -0.365 e. The van der Waals surface area contributed by atoms with Crippen molar-refractivity contribution in [3.8, 4) is 11.1 Å². The number of likely N-dealkylation sites (tertiary alicyclic amines) is 2. The van der Waals surface area contributed by atoms with E-state index < -0.39 is 0 Å². The number of hydrogen-bond donors (Lipinski definition) is 0. The number of nitrogens with zero attached hydrogens (tertiary/aromatic N) is 4. The second kappa shape index (κ2) is 13.3. The van der Waals surface area contributed by atoms with Gasteiger partial charge in [0.25, 0.3) is 5.91 Å². The van der Waals surface area contributed by atoms with E-state index >= 15 is 0 Å². The minimum absolute atomic E-state index is 0.0325. The Kier molecular flexibility index (Phi) is 9.53. The number of anilines is 1. The second-order valence-electron chi connectivity index (χ2n) is 11.2. The first-order valence-electron chi connectivity index (χ1n) is 14.4. The standard InChI is InChI=1S/C33H38Cl2N4O2/c1-36(28-15-16-29(34)30(35)21-28)23-32(40)37(2)31(22-38-17-3-4-18-38)26-11-7-24(8-12-26)25-9-13-27(14-10-25)33(41)39-19-5-6-20-39/h7-16,21,31H,3-6,17-20,22-23H2,1-2H3. The molecule has 3 aromatic rings. The number of likely N-dealkylation sites (N-methyl/N-ethyl adjacent to an activating group) is 2. The molecule has 0 N–H and O–H groups in total. The summed E-state index contributed by atoms with van der Waals surface area (Å²) in [6.45, 7) is 4.84. The lowest BCUT2D eigenvalue weighted by Gasteiger charge is -2.33. The zero-order valence-electron chi connectivity index (χ0n) is 23.9. The van der Waals surface area contributed by atoms with E-state index in [2.05, 4.69) is 29.2 Å². The van der Waals surface area contributed by atoms with Gasteiger partial charge in [0.15, 0.2) is 0 Å². The maximum absolute atomic E-state index is 13.5. The lowest BCUT2D eigenvalue weighted by atomic mass is 9.98. The highest BCUT2D eigenvalue weighted by Crippen LogP contribution is 2.29. The summed E-state index contributed by atoms with van der Waals surface area (Å²) in [6, 6.07) is 21.7. The van der Waals surface area contributed by atoms with Gasteiger partial charge in [0.05, 0.1) is 22.6 Å². The van der Waals surface area contributed by atoms with Crippen molar-refractivity contribution in [1.82, 2.24) is 14.7 Å². The zero-order chi connectivity index (χ0) is 28.9. The van der Waals surface area contributed by atoms with E-state index in [9.17, 15) is 9.59 Å². The Morgan fingerprint density at radius 2 is 1.37 bits per heavy atom. The highest BCUT2D eigenvalue weighted by molar-refractivity contribution is 6.42. The molecule has 5 rings (SSSR count). The van der Waals surface area contributed by atoms with Crippen LogP contribution in [0, 0.1) is 0 Å². The summed E-state index contributed by atoms with van der Waals surface area (Å²) in [7, 11) is 3.79. The molecule has 0 radical (unpaired) electrons. The van der Waals surface area contributed by atoms with E-state index in [0.717, 1.165) is 73.5 Å². The third-order valence-electron chi connectivity index (χ3n) is 8.36. The molecule has 3 aromatic carbocycles. The molecule has 0 bridgehead atoms. The Bertz CT molecular complexity index is 1350. The van der Waals surface area contributed by atoms with Crippen LogP contribution in [0.5, 0.6) is 0 Å². The normalized spacial score (nSPS) is 16.1. The van der Waals surface area contributed by atoms with E-state index in [-0.39, 0.29) is 24.4 Å². The lowest BCUT2D eigenvalue weighted by Crippen LogP contribution is -2.42. The number of halogens is 2. The van der Waals surface area contributed by atoms with Crippen LogP contribution < -0.4 is 4.90 Å². The van der Waals surface area contributed by atoms with Crippen LogP contribution in [0.1, 0.15) is 47.6 Å². The van der Waals surface area contributed by atoms with Crippen molar-refractivity contribution < 1.29 is 9.59 Å². The molecule has 0 saturated carbocycles. The minimum atomic E-state index is -0.0719. The summed E-state index contributed by atoms with van der Waals surface area (Å²) in [5.41, 5.74) is 4.84. The molecule has 2 fully saturated rings. The number of hydrogen-bond acceptors (Lipinski definition) is 4. The fraction of sp³-hybridized carbons (Fsp3) is 0.394. The van der Waals surface area contributed by atoms with Gasteiger partial charge in [0.1, 0.15) is 0 Å². The van der Waals surface area contributed by atoms with Crippen LogP contribution in [-0.4, -0.2) is 79.9 Å².